The van der Waals surface area contributed by atoms with Crippen LogP contribution < -0.4 is 21.7 Å². The predicted molar refractivity (Wildman–Crippen MR) is 174 cm³/mol. The maximum absolute atomic E-state index is 14.0. The van der Waals surface area contributed by atoms with E-state index < -0.39 is 65.5 Å². The zero-order chi connectivity index (χ0) is 35.4. The van der Waals surface area contributed by atoms with Gasteiger partial charge in [-0.15, -0.1) is 0 Å². The summed E-state index contributed by atoms with van der Waals surface area (Å²) >= 11 is 0. The molecule has 1 aromatic carbocycles. The molecule has 0 bridgehead atoms. The van der Waals surface area contributed by atoms with E-state index in [0.717, 1.165) is 5.56 Å². The third-order valence-corrected chi connectivity index (χ3v) is 8.58. The van der Waals surface area contributed by atoms with Gasteiger partial charge in [-0.2, -0.15) is 4.79 Å². The molecule has 260 valence electrons. The summed E-state index contributed by atoms with van der Waals surface area (Å²) in [5.74, 6) is -3.95. The highest BCUT2D eigenvalue weighted by molar-refractivity contribution is 6.25. The molecule has 15 nitrogen and oxygen atoms in total. The van der Waals surface area contributed by atoms with E-state index in [9.17, 15) is 33.6 Å². The molecule has 0 aliphatic carbocycles. The average molecular weight is 667 g/mol. The molecule has 2 aliphatic rings. The highest BCUT2D eigenvalue weighted by Gasteiger charge is 2.40. The number of benzene rings is 1. The lowest BCUT2D eigenvalue weighted by Crippen LogP contribution is -2.59. The Hall–Kier alpha value is -4.91. The fourth-order valence-electron chi connectivity index (χ4n) is 6.18. The van der Waals surface area contributed by atoms with Gasteiger partial charge in [0.1, 0.15) is 30.2 Å². The molecule has 0 radical (unpaired) electrons. The molecule has 2 heterocycles. The van der Waals surface area contributed by atoms with Crippen molar-refractivity contribution in [2.45, 2.75) is 102 Å². The van der Waals surface area contributed by atoms with Crippen molar-refractivity contribution in [1.82, 2.24) is 25.8 Å². The first kappa shape index (κ1) is 37.5. The number of ketones is 1. The van der Waals surface area contributed by atoms with Crippen LogP contribution in [0.1, 0.15) is 71.3 Å². The van der Waals surface area contributed by atoms with E-state index in [-0.39, 0.29) is 44.1 Å². The van der Waals surface area contributed by atoms with Crippen LogP contribution in [0.3, 0.4) is 0 Å². The van der Waals surface area contributed by atoms with Gasteiger partial charge in [-0.25, -0.2) is 0 Å². The van der Waals surface area contributed by atoms with Gasteiger partial charge in [-0.3, -0.25) is 33.6 Å². The maximum Gasteiger partial charge on any atom is 0.323 e. The fraction of sp³-hybridized carbons (Fsp3) is 0.576. The Morgan fingerprint density at radius 3 is 2.04 bits per heavy atom. The Bertz CT molecular complexity index is 1410. The van der Waals surface area contributed by atoms with Gasteiger partial charge in [0.2, 0.25) is 41.2 Å². The van der Waals surface area contributed by atoms with Gasteiger partial charge in [0.05, 0.1) is 0 Å². The van der Waals surface area contributed by atoms with Gasteiger partial charge in [0.15, 0.2) is 0 Å². The standard InChI is InChI=1S/C33H46N8O7/c1-20(2)17-26(33(48)41-16-8-12-28(41)32(47)38-25(29(34)44)18-22-9-5-4-6-10-22)39-30(45)24(14-13-23(43)19-36-35)37-31(46)27-11-7-15-40(27)21(3)42/h4-6,9-10,19-20,24-28H,7-8,11-18H2,1-3H3,(H2,34,44)(H,37,46)(H,38,47)(H,39,45)/t24-,25+,26+,27+,28+/m1/s1. The van der Waals surface area contributed by atoms with Crippen LogP contribution in [-0.2, 0) is 40.0 Å². The number of carbonyl (C=O) groups excluding carboxylic acids is 7. The number of nitrogens with one attached hydrogen (secondary N) is 3. The maximum atomic E-state index is 14.0. The van der Waals surface area contributed by atoms with Crippen molar-refractivity contribution in [1.29, 1.82) is 0 Å². The minimum atomic E-state index is -1.25. The van der Waals surface area contributed by atoms with Crippen LogP contribution in [0.2, 0.25) is 0 Å². The summed E-state index contributed by atoms with van der Waals surface area (Å²) in [5.41, 5.74) is 15.1. The summed E-state index contributed by atoms with van der Waals surface area (Å²) < 4.78 is 0. The first-order chi connectivity index (χ1) is 22.8. The molecule has 0 unspecified atom stereocenters. The first-order valence-electron chi connectivity index (χ1n) is 16.3. The molecular weight excluding hydrogens is 620 g/mol. The SMILES string of the molecule is CC(=O)N1CCC[C@H]1C(=O)N[C@H](CCC(=O)C=[N+]=[N-])C(=O)N[C@@H](CC(C)C)C(=O)N1CCC[C@H]1C(=O)N[C@@H](Cc1ccccc1)C(N)=O. The molecule has 2 aliphatic heterocycles. The van der Waals surface area contributed by atoms with Crippen LogP contribution in [0.4, 0.5) is 0 Å². The molecule has 2 fully saturated rings. The molecule has 0 aromatic heterocycles. The van der Waals surface area contributed by atoms with Crippen molar-refractivity contribution in [2.24, 2.45) is 11.7 Å². The summed E-state index contributed by atoms with van der Waals surface area (Å²) in [7, 11) is 0. The highest BCUT2D eigenvalue weighted by Crippen LogP contribution is 2.22. The Labute approximate surface area is 279 Å². The summed E-state index contributed by atoms with van der Waals surface area (Å²) in [4.78, 5) is 96.2. The lowest BCUT2D eigenvalue weighted by atomic mass is 10.0. The van der Waals surface area contributed by atoms with Crippen LogP contribution >= 0.6 is 0 Å². The third-order valence-electron chi connectivity index (χ3n) is 8.58. The van der Waals surface area contributed by atoms with Gasteiger partial charge >= 0.3 is 6.21 Å². The number of nitrogens with two attached hydrogens (primary N) is 1. The molecule has 6 amide bonds. The lowest BCUT2D eigenvalue weighted by molar-refractivity contribution is -0.143. The van der Waals surface area contributed by atoms with E-state index in [2.05, 4.69) is 20.7 Å². The normalized spacial score (nSPS) is 19.1. The van der Waals surface area contributed by atoms with E-state index in [1.807, 2.05) is 44.2 Å². The van der Waals surface area contributed by atoms with Crippen LogP contribution in [-0.4, -0.2) is 105 Å². The van der Waals surface area contributed by atoms with Gasteiger partial charge in [-0.05, 0) is 50.0 Å². The highest BCUT2D eigenvalue weighted by atomic mass is 16.2. The molecule has 5 atom stereocenters. The van der Waals surface area contributed by atoms with Crippen LogP contribution in [0.15, 0.2) is 30.3 Å². The molecule has 48 heavy (non-hydrogen) atoms. The summed E-state index contributed by atoms with van der Waals surface area (Å²) in [6.07, 6.45) is 2.56. The van der Waals surface area contributed by atoms with Crippen LogP contribution in [0.5, 0.6) is 0 Å². The molecule has 1 aromatic rings. The Balaban J connectivity index is 1.77. The summed E-state index contributed by atoms with van der Waals surface area (Å²) in [6, 6.07) is 4.07. The quantitative estimate of drug-likeness (QED) is 0.106. The topological polar surface area (TPSA) is 224 Å². The van der Waals surface area contributed by atoms with Crippen molar-refractivity contribution < 1.29 is 38.4 Å². The van der Waals surface area contributed by atoms with E-state index in [4.69, 9.17) is 11.3 Å². The molecule has 2 saturated heterocycles. The number of nitrogens with zero attached hydrogens (tertiary/aromatic N) is 4. The molecule has 3 rings (SSSR count). The zero-order valence-electron chi connectivity index (χ0n) is 27.7. The number of amides is 6. The Morgan fingerprint density at radius 2 is 1.48 bits per heavy atom. The van der Waals surface area contributed by atoms with Crippen LogP contribution in [0, 0.1) is 5.92 Å². The molecule has 15 heteroatoms. The monoisotopic (exact) mass is 666 g/mol. The summed E-state index contributed by atoms with van der Waals surface area (Å²) in [5, 5.41) is 8.08. The van der Waals surface area contributed by atoms with E-state index in [0.29, 0.717) is 38.4 Å². The largest absolute Gasteiger partial charge is 0.368 e. The third kappa shape index (κ3) is 10.6. The number of likely N-dealkylation sites (tertiary alicyclic amines) is 2. The number of Topliss-reactive ketones (excluding diaryl/α,β-unsaturated/α-hetero) is 1. The lowest BCUT2D eigenvalue weighted by Gasteiger charge is -2.31. The Kier molecular flexibility index (Phi) is 14.0. The van der Waals surface area contributed by atoms with Crippen LogP contribution in [0.25, 0.3) is 5.53 Å². The average Bonchev–Trinajstić information content (AvgIpc) is 3.73. The van der Waals surface area contributed by atoms with Crippen molar-refractivity contribution in [2.75, 3.05) is 13.1 Å². The second-order valence-corrected chi connectivity index (χ2v) is 12.7. The van der Waals surface area contributed by atoms with Gasteiger partial charge in [0.25, 0.3) is 0 Å². The van der Waals surface area contributed by atoms with E-state index in [1.54, 1.807) is 0 Å². The number of carbonyl (C=O) groups is 7. The molecule has 0 spiro atoms. The number of rotatable bonds is 16. The summed E-state index contributed by atoms with van der Waals surface area (Å²) in [6.45, 7) is 5.74. The van der Waals surface area contributed by atoms with E-state index >= 15 is 0 Å². The second-order valence-electron chi connectivity index (χ2n) is 12.7. The molecular formula is C33H46N8O7. The van der Waals surface area contributed by atoms with Crippen molar-refractivity contribution in [3.63, 3.8) is 0 Å². The smallest absolute Gasteiger partial charge is 0.323 e. The number of hydrogen-bond acceptors (Lipinski definition) is 7. The molecule has 0 saturated carbocycles. The minimum Gasteiger partial charge on any atom is -0.368 e. The molecule has 5 N–H and O–H groups in total. The predicted octanol–water partition coefficient (Wildman–Crippen LogP) is -0.133. The Morgan fingerprint density at radius 1 is 0.896 bits per heavy atom. The number of hydrogen-bond donors (Lipinski definition) is 4. The van der Waals surface area contributed by atoms with Gasteiger partial charge in [-0.1, -0.05) is 44.2 Å². The fourth-order valence-corrected chi connectivity index (χ4v) is 6.18. The van der Waals surface area contributed by atoms with Crippen molar-refractivity contribution >= 4 is 47.4 Å². The van der Waals surface area contributed by atoms with Gasteiger partial charge < -0.3 is 37.0 Å². The minimum absolute atomic E-state index is 0.0581. The zero-order valence-corrected chi connectivity index (χ0v) is 27.7. The first-order valence-corrected chi connectivity index (χ1v) is 16.3. The van der Waals surface area contributed by atoms with Gasteiger partial charge in [0, 0.05) is 32.9 Å². The number of primary amides is 1. The van der Waals surface area contributed by atoms with Crippen molar-refractivity contribution in [3.8, 4) is 0 Å². The van der Waals surface area contributed by atoms with E-state index in [1.165, 1.54) is 16.7 Å². The second kappa shape index (κ2) is 17.9. The van der Waals surface area contributed by atoms with Crippen molar-refractivity contribution in [3.05, 3.63) is 41.4 Å².